The minimum atomic E-state index is -1.12. The number of carbonyl (C=O) groups excluding carboxylic acids is 1. The molecule has 2 heterocycles. The number of aliphatic imine (C=N–C) groups is 1. The van der Waals surface area contributed by atoms with Gasteiger partial charge in [-0.1, -0.05) is 58.4 Å². The van der Waals surface area contributed by atoms with Gasteiger partial charge < -0.3 is 19.5 Å². The van der Waals surface area contributed by atoms with E-state index in [0.717, 1.165) is 47.1 Å². The molecule has 0 saturated carbocycles. The summed E-state index contributed by atoms with van der Waals surface area (Å²) in [6.07, 6.45) is 2.46. The summed E-state index contributed by atoms with van der Waals surface area (Å²) in [5.41, 5.74) is 1.62. The van der Waals surface area contributed by atoms with E-state index in [0.29, 0.717) is 31.1 Å². The first-order chi connectivity index (χ1) is 18.1. The van der Waals surface area contributed by atoms with Crippen LogP contribution in [-0.4, -0.2) is 53.7 Å². The summed E-state index contributed by atoms with van der Waals surface area (Å²) in [7, 11) is 0. The van der Waals surface area contributed by atoms with Crippen LogP contribution >= 0.6 is 15.9 Å². The molecule has 0 unspecified atom stereocenters. The van der Waals surface area contributed by atoms with Crippen LogP contribution < -0.4 is 4.74 Å². The van der Waals surface area contributed by atoms with E-state index in [2.05, 4.69) is 15.9 Å². The van der Waals surface area contributed by atoms with Gasteiger partial charge in [-0.05, 0) is 60.4 Å². The molecule has 3 aromatic carbocycles. The monoisotopic (exact) mass is 562 g/mol. The van der Waals surface area contributed by atoms with Gasteiger partial charge in [0.25, 0.3) is 5.91 Å². The Hall–Kier alpha value is -3.16. The number of ether oxygens (including phenoxy) is 2. The van der Waals surface area contributed by atoms with Crippen molar-refractivity contribution in [1.29, 1.82) is 0 Å². The van der Waals surface area contributed by atoms with Gasteiger partial charge in [0.2, 0.25) is 5.90 Å². The number of likely N-dealkylation sites (tertiary alicyclic amines) is 1. The standard InChI is InChI=1S/C30H31BrN2O4/c31-25-13-9-23(10-14-25)27-30(21-22-7-2-1-3-8-22,29(35)33-17-4-5-18-33)32-28(37-27)24-11-15-26(16-12-24)36-20-6-19-34/h1-3,7-16,27,34H,4-6,17-21H2/t27-,30-/m1/s1. The van der Waals surface area contributed by atoms with Crippen LogP contribution in [0.2, 0.25) is 0 Å². The van der Waals surface area contributed by atoms with Crippen molar-refractivity contribution in [2.75, 3.05) is 26.3 Å². The van der Waals surface area contributed by atoms with E-state index in [-0.39, 0.29) is 12.5 Å². The Labute approximate surface area is 226 Å². The Kier molecular flexibility index (Phi) is 7.91. The Morgan fingerprint density at radius 2 is 1.73 bits per heavy atom. The van der Waals surface area contributed by atoms with Gasteiger partial charge in [-0.15, -0.1) is 0 Å². The minimum absolute atomic E-state index is 0.0146. The molecule has 37 heavy (non-hydrogen) atoms. The highest BCUT2D eigenvalue weighted by Crippen LogP contribution is 2.44. The molecular formula is C30H31BrN2O4. The Balaban J connectivity index is 1.56. The quantitative estimate of drug-likeness (QED) is 0.358. The van der Waals surface area contributed by atoms with Crippen molar-refractivity contribution in [2.45, 2.75) is 37.3 Å². The van der Waals surface area contributed by atoms with Crippen molar-refractivity contribution in [2.24, 2.45) is 4.99 Å². The number of nitrogens with zero attached hydrogens (tertiary/aromatic N) is 2. The molecule has 3 aromatic rings. The lowest BCUT2D eigenvalue weighted by Gasteiger charge is -2.34. The number of carbonyl (C=O) groups is 1. The number of hydrogen-bond donors (Lipinski definition) is 1. The number of benzene rings is 3. The van der Waals surface area contributed by atoms with E-state index in [4.69, 9.17) is 19.6 Å². The zero-order valence-electron chi connectivity index (χ0n) is 20.7. The molecule has 5 rings (SSSR count). The zero-order valence-corrected chi connectivity index (χ0v) is 22.3. The molecule has 1 N–H and O–H groups in total. The highest BCUT2D eigenvalue weighted by Gasteiger charge is 2.55. The summed E-state index contributed by atoms with van der Waals surface area (Å²) in [5.74, 6) is 1.18. The molecule has 0 aromatic heterocycles. The highest BCUT2D eigenvalue weighted by atomic mass is 79.9. The second-order valence-corrected chi connectivity index (χ2v) is 10.4. The Bertz CT molecular complexity index is 1220. The number of hydrogen-bond acceptors (Lipinski definition) is 5. The molecule has 0 aliphatic carbocycles. The number of aliphatic hydroxyl groups is 1. The van der Waals surface area contributed by atoms with Crippen LogP contribution in [-0.2, 0) is 16.0 Å². The van der Waals surface area contributed by atoms with Crippen LogP contribution in [0.15, 0.2) is 88.3 Å². The van der Waals surface area contributed by atoms with Crippen LogP contribution in [0.5, 0.6) is 5.75 Å². The van der Waals surface area contributed by atoms with Crippen molar-refractivity contribution in [3.63, 3.8) is 0 Å². The average molecular weight is 563 g/mol. The summed E-state index contributed by atoms with van der Waals surface area (Å²) < 4.78 is 13.2. The maximum absolute atomic E-state index is 14.3. The fourth-order valence-electron chi connectivity index (χ4n) is 5.01. The van der Waals surface area contributed by atoms with Gasteiger partial charge in [-0.2, -0.15) is 0 Å². The first-order valence-corrected chi connectivity index (χ1v) is 13.6. The maximum atomic E-state index is 14.3. The van der Waals surface area contributed by atoms with E-state index < -0.39 is 11.6 Å². The van der Waals surface area contributed by atoms with E-state index >= 15 is 0 Å². The predicted molar refractivity (Wildman–Crippen MR) is 147 cm³/mol. The van der Waals surface area contributed by atoms with Crippen molar-refractivity contribution < 1.29 is 19.4 Å². The molecule has 2 atom stereocenters. The highest BCUT2D eigenvalue weighted by molar-refractivity contribution is 9.10. The number of amides is 1. The topological polar surface area (TPSA) is 71.4 Å². The molecular weight excluding hydrogens is 532 g/mol. The third-order valence-electron chi connectivity index (χ3n) is 6.89. The van der Waals surface area contributed by atoms with Crippen LogP contribution in [0.3, 0.4) is 0 Å². The van der Waals surface area contributed by atoms with E-state index in [1.165, 1.54) is 0 Å². The molecule has 1 amide bonds. The predicted octanol–water partition coefficient (Wildman–Crippen LogP) is 5.33. The van der Waals surface area contributed by atoms with Crippen LogP contribution in [0, 0.1) is 0 Å². The summed E-state index contributed by atoms with van der Waals surface area (Å²) in [4.78, 5) is 21.4. The van der Waals surface area contributed by atoms with Gasteiger partial charge in [-0.3, -0.25) is 4.79 Å². The fraction of sp³-hybridized carbons (Fsp3) is 0.333. The van der Waals surface area contributed by atoms with E-state index in [1.807, 2.05) is 83.8 Å². The SMILES string of the molecule is O=C(N1CCCC1)[C@]1(Cc2ccccc2)N=C(c2ccc(OCCCO)cc2)O[C@@H]1c1ccc(Br)cc1. The lowest BCUT2D eigenvalue weighted by Crippen LogP contribution is -2.50. The van der Waals surface area contributed by atoms with Crippen molar-refractivity contribution in [1.82, 2.24) is 4.90 Å². The fourth-order valence-corrected chi connectivity index (χ4v) is 5.27. The Morgan fingerprint density at radius 1 is 1.03 bits per heavy atom. The zero-order chi connectivity index (χ0) is 25.7. The third kappa shape index (κ3) is 5.58. The molecule has 2 aliphatic rings. The summed E-state index contributed by atoms with van der Waals surface area (Å²) in [6, 6.07) is 25.6. The van der Waals surface area contributed by atoms with Crippen molar-refractivity contribution >= 4 is 27.7 Å². The molecule has 6 nitrogen and oxygen atoms in total. The largest absolute Gasteiger partial charge is 0.494 e. The average Bonchev–Trinajstić information content (AvgIpc) is 3.60. The Morgan fingerprint density at radius 3 is 2.41 bits per heavy atom. The molecule has 192 valence electrons. The summed E-state index contributed by atoms with van der Waals surface area (Å²) in [6.45, 7) is 2.03. The van der Waals surface area contributed by atoms with Crippen LogP contribution in [0.25, 0.3) is 0 Å². The molecule has 0 bridgehead atoms. The molecule has 2 aliphatic heterocycles. The summed E-state index contributed by atoms with van der Waals surface area (Å²) >= 11 is 3.53. The molecule has 1 saturated heterocycles. The van der Waals surface area contributed by atoms with Gasteiger partial charge in [0.15, 0.2) is 11.6 Å². The van der Waals surface area contributed by atoms with Crippen LogP contribution in [0.4, 0.5) is 0 Å². The molecule has 0 radical (unpaired) electrons. The first kappa shape index (κ1) is 25.5. The number of halogens is 1. The number of aliphatic hydroxyl groups excluding tert-OH is 1. The summed E-state index contributed by atoms with van der Waals surface area (Å²) in [5, 5.41) is 9.00. The maximum Gasteiger partial charge on any atom is 0.255 e. The van der Waals surface area contributed by atoms with E-state index in [9.17, 15) is 4.79 Å². The van der Waals surface area contributed by atoms with E-state index in [1.54, 1.807) is 0 Å². The van der Waals surface area contributed by atoms with Gasteiger partial charge in [0, 0.05) is 42.6 Å². The first-order valence-electron chi connectivity index (χ1n) is 12.8. The lowest BCUT2D eigenvalue weighted by atomic mass is 9.81. The van der Waals surface area contributed by atoms with Gasteiger partial charge in [0.05, 0.1) is 6.61 Å². The minimum Gasteiger partial charge on any atom is -0.494 e. The van der Waals surface area contributed by atoms with Crippen molar-refractivity contribution in [3.8, 4) is 5.75 Å². The van der Waals surface area contributed by atoms with Gasteiger partial charge in [-0.25, -0.2) is 4.99 Å². The third-order valence-corrected chi connectivity index (χ3v) is 7.42. The molecule has 0 spiro atoms. The molecule has 1 fully saturated rings. The normalized spacial score (nSPS) is 21.0. The van der Waals surface area contributed by atoms with Crippen molar-refractivity contribution in [3.05, 3.63) is 100 Å². The van der Waals surface area contributed by atoms with Gasteiger partial charge >= 0.3 is 0 Å². The smallest absolute Gasteiger partial charge is 0.255 e. The lowest BCUT2D eigenvalue weighted by molar-refractivity contribution is -0.138. The molecule has 7 heteroatoms. The second kappa shape index (κ2) is 11.5. The van der Waals surface area contributed by atoms with Gasteiger partial charge in [0.1, 0.15) is 5.75 Å². The van der Waals surface area contributed by atoms with Crippen LogP contribution in [0.1, 0.15) is 42.1 Å². The number of rotatable bonds is 9. The second-order valence-electron chi connectivity index (χ2n) is 9.50.